The molecule has 1 N–H and O–H groups in total. The van der Waals surface area contributed by atoms with Crippen LogP contribution in [0.3, 0.4) is 0 Å². The minimum absolute atomic E-state index is 0.222. The summed E-state index contributed by atoms with van der Waals surface area (Å²) >= 11 is 0. The second-order valence-electron chi connectivity index (χ2n) is 5.61. The minimum atomic E-state index is -2.84. The Labute approximate surface area is 107 Å². The Morgan fingerprint density at radius 1 is 1.37 bits per heavy atom. The van der Waals surface area contributed by atoms with Crippen molar-refractivity contribution >= 4 is 11.0 Å². The zero-order valence-electron chi connectivity index (χ0n) is 10.3. The van der Waals surface area contributed by atoms with E-state index in [2.05, 4.69) is 0 Å². The van der Waals surface area contributed by atoms with E-state index in [4.69, 9.17) is 0 Å². The van der Waals surface area contributed by atoms with Gasteiger partial charge in [0.25, 0.3) is 6.43 Å². The average Bonchev–Trinajstić information content (AvgIpc) is 2.97. The fourth-order valence-electron chi connectivity index (χ4n) is 3.26. The van der Waals surface area contributed by atoms with Crippen LogP contribution in [0.1, 0.15) is 43.0 Å². The minimum Gasteiger partial charge on any atom is -0.386 e. The van der Waals surface area contributed by atoms with Crippen LogP contribution in [0.25, 0.3) is 11.0 Å². The van der Waals surface area contributed by atoms with Crippen LogP contribution in [-0.4, -0.2) is 20.1 Å². The maximum absolute atomic E-state index is 13.9. The number of aliphatic hydroxyl groups is 1. The summed E-state index contributed by atoms with van der Waals surface area (Å²) in [4.78, 5) is 0. The number of hydrogen-bond donors (Lipinski definition) is 1. The first-order chi connectivity index (χ1) is 8.96. The molecule has 2 aromatic rings. The Morgan fingerprint density at radius 3 is 2.58 bits per heavy atom. The summed E-state index contributed by atoms with van der Waals surface area (Å²) in [6.07, 6.45) is -0.836. The number of aromatic nitrogens is 2. The van der Waals surface area contributed by atoms with E-state index >= 15 is 0 Å². The Bertz CT molecular complexity index is 697. The second kappa shape index (κ2) is 3.17. The van der Waals surface area contributed by atoms with Crippen molar-refractivity contribution in [3.05, 3.63) is 23.0 Å². The number of fused-ring (bicyclic) bond motifs is 4. The SMILES string of the molecule is Cc1cc2c(c(C(F)F)c1F)n1n2C1C1(O)CCC1. The van der Waals surface area contributed by atoms with Gasteiger partial charge in [0.15, 0.2) is 6.17 Å². The lowest BCUT2D eigenvalue weighted by molar-refractivity contribution is -0.0505. The summed E-state index contributed by atoms with van der Waals surface area (Å²) < 4.78 is 43.3. The van der Waals surface area contributed by atoms with Crippen molar-refractivity contribution in [2.75, 3.05) is 0 Å². The molecule has 1 unspecified atom stereocenters. The summed E-state index contributed by atoms with van der Waals surface area (Å²) in [6, 6.07) is 1.58. The number of nitrogens with zero attached hydrogens (tertiary/aromatic N) is 2. The van der Waals surface area contributed by atoms with Crippen LogP contribution in [0, 0.1) is 12.7 Å². The van der Waals surface area contributed by atoms with E-state index in [0.717, 1.165) is 6.42 Å². The largest absolute Gasteiger partial charge is 0.386 e. The molecule has 19 heavy (non-hydrogen) atoms. The summed E-state index contributed by atoms with van der Waals surface area (Å²) in [5.41, 5.74) is -0.275. The summed E-state index contributed by atoms with van der Waals surface area (Å²) in [6.45, 7) is 1.49. The third kappa shape index (κ3) is 1.18. The first kappa shape index (κ1) is 11.4. The molecule has 0 saturated heterocycles. The molecule has 2 aliphatic rings. The van der Waals surface area contributed by atoms with Gasteiger partial charge in [-0.25, -0.2) is 13.2 Å². The van der Waals surface area contributed by atoms with Gasteiger partial charge in [-0.1, -0.05) is 0 Å². The highest BCUT2D eigenvalue weighted by Gasteiger charge is 2.56. The van der Waals surface area contributed by atoms with Crippen LogP contribution in [0.5, 0.6) is 0 Å². The van der Waals surface area contributed by atoms with Crippen molar-refractivity contribution in [1.82, 2.24) is 9.36 Å². The van der Waals surface area contributed by atoms with Crippen molar-refractivity contribution in [3.8, 4) is 0 Å². The van der Waals surface area contributed by atoms with Crippen LogP contribution < -0.4 is 0 Å². The Morgan fingerprint density at radius 2 is 2.05 bits per heavy atom. The molecule has 4 rings (SSSR count). The van der Waals surface area contributed by atoms with E-state index < -0.39 is 23.4 Å². The Hall–Kier alpha value is -1.43. The number of benzene rings is 1. The molecular formula is C13H13F3N2O. The smallest absolute Gasteiger partial charge is 0.268 e. The van der Waals surface area contributed by atoms with Crippen molar-refractivity contribution in [1.29, 1.82) is 0 Å². The van der Waals surface area contributed by atoms with Gasteiger partial charge in [-0.05, 0) is 37.8 Å². The number of hydrogen-bond acceptors (Lipinski definition) is 1. The third-order valence-electron chi connectivity index (χ3n) is 4.47. The van der Waals surface area contributed by atoms with Gasteiger partial charge in [0.1, 0.15) is 11.4 Å². The third-order valence-corrected chi connectivity index (χ3v) is 4.47. The topological polar surface area (TPSA) is 30.1 Å². The highest BCUT2D eigenvalue weighted by atomic mass is 19.3. The molecule has 3 nitrogen and oxygen atoms in total. The highest BCUT2D eigenvalue weighted by Crippen LogP contribution is 2.54. The monoisotopic (exact) mass is 270 g/mol. The predicted molar refractivity (Wildman–Crippen MR) is 62.8 cm³/mol. The van der Waals surface area contributed by atoms with Crippen LogP contribution in [0.15, 0.2) is 6.07 Å². The van der Waals surface area contributed by atoms with E-state index in [1.165, 1.54) is 6.92 Å². The molecule has 102 valence electrons. The van der Waals surface area contributed by atoms with Crippen LogP contribution >= 0.6 is 0 Å². The molecule has 1 aromatic heterocycles. The predicted octanol–water partition coefficient (Wildman–Crippen LogP) is 3.10. The van der Waals surface area contributed by atoms with Crippen molar-refractivity contribution in [2.24, 2.45) is 0 Å². The molecule has 0 spiro atoms. The first-order valence-electron chi connectivity index (χ1n) is 6.37. The van der Waals surface area contributed by atoms with Crippen LogP contribution in [0.4, 0.5) is 13.2 Å². The fraction of sp³-hybridized carbons (Fsp3) is 0.538. The maximum atomic E-state index is 13.9. The first-order valence-corrected chi connectivity index (χ1v) is 6.37. The Kier molecular flexibility index (Phi) is 1.91. The summed E-state index contributed by atoms with van der Waals surface area (Å²) in [5, 5.41) is 10.3. The normalized spacial score (nSPS) is 23.8. The van der Waals surface area contributed by atoms with Gasteiger partial charge in [0.2, 0.25) is 0 Å². The fourth-order valence-corrected chi connectivity index (χ4v) is 3.26. The highest BCUT2D eigenvalue weighted by molar-refractivity contribution is 5.86. The molecule has 1 aliphatic heterocycles. The quantitative estimate of drug-likeness (QED) is 0.893. The van der Waals surface area contributed by atoms with Crippen molar-refractivity contribution < 1.29 is 18.3 Å². The molecule has 1 saturated carbocycles. The van der Waals surface area contributed by atoms with E-state index in [1.54, 1.807) is 15.4 Å². The number of rotatable bonds is 2. The van der Waals surface area contributed by atoms with E-state index in [0.29, 0.717) is 18.4 Å². The standard InChI is InChI=1S/C13H13F3N2O/c1-6-5-7-10(8(9(6)14)11(15)16)18-12(17(7)18)13(19)3-2-4-13/h5,11-12,19H,2-4H2,1H3. The van der Waals surface area contributed by atoms with Gasteiger partial charge >= 0.3 is 0 Å². The number of aryl methyl sites for hydroxylation is 1. The number of halogens is 3. The summed E-state index contributed by atoms with van der Waals surface area (Å²) in [5.74, 6) is -0.834. The molecule has 1 fully saturated rings. The number of alkyl halides is 2. The summed E-state index contributed by atoms with van der Waals surface area (Å²) in [7, 11) is 0. The molecule has 6 heteroatoms. The van der Waals surface area contributed by atoms with Gasteiger partial charge in [-0.15, -0.1) is 0 Å². The average molecular weight is 270 g/mol. The molecule has 0 radical (unpaired) electrons. The molecular weight excluding hydrogens is 257 g/mol. The second-order valence-corrected chi connectivity index (χ2v) is 5.61. The molecule has 0 bridgehead atoms. The van der Waals surface area contributed by atoms with Gasteiger partial charge in [0, 0.05) is 0 Å². The van der Waals surface area contributed by atoms with E-state index in [9.17, 15) is 18.3 Å². The zero-order valence-corrected chi connectivity index (χ0v) is 10.3. The molecule has 2 heterocycles. The molecule has 1 aliphatic carbocycles. The van der Waals surface area contributed by atoms with Gasteiger partial charge in [-0.2, -0.15) is 0 Å². The van der Waals surface area contributed by atoms with E-state index in [-0.39, 0.29) is 17.2 Å². The van der Waals surface area contributed by atoms with Crippen molar-refractivity contribution in [3.63, 3.8) is 0 Å². The lowest BCUT2D eigenvalue weighted by atomic mass is 9.79. The van der Waals surface area contributed by atoms with Crippen LogP contribution in [-0.2, 0) is 0 Å². The van der Waals surface area contributed by atoms with Gasteiger partial charge < -0.3 is 5.11 Å². The lowest BCUT2D eigenvalue weighted by Crippen LogP contribution is -2.39. The Balaban J connectivity index is 1.89. The molecule has 1 aromatic carbocycles. The van der Waals surface area contributed by atoms with Gasteiger partial charge in [-0.3, -0.25) is 9.36 Å². The molecule has 0 amide bonds. The van der Waals surface area contributed by atoms with Crippen LogP contribution in [0.2, 0.25) is 0 Å². The zero-order chi connectivity index (χ0) is 13.5. The van der Waals surface area contributed by atoms with E-state index in [1.807, 2.05) is 0 Å². The van der Waals surface area contributed by atoms with Crippen molar-refractivity contribution in [2.45, 2.75) is 44.4 Å². The van der Waals surface area contributed by atoms with Gasteiger partial charge in [0.05, 0.1) is 16.6 Å². The molecule has 1 atom stereocenters. The lowest BCUT2D eigenvalue weighted by Gasteiger charge is -2.34. The maximum Gasteiger partial charge on any atom is 0.268 e.